The first-order valence-corrected chi connectivity index (χ1v) is 2.44. The lowest BCUT2D eigenvalue weighted by Gasteiger charge is -2.10. The highest BCUT2D eigenvalue weighted by atomic mass is 16.5. The van der Waals surface area contributed by atoms with Gasteiger partial charge in [0.1, 0.15) is 0 Å². The van der Waals surface area contributed by atoms with E-state index in [1.54, 1.807) is 0 Å². The summed E-state index contributed by atoms with van der Waals surface area (Å²) in [5, 5.41) is 8.81. The lowest BCUT2D eigenvalue weighted by molar-refractivity contribution is -0.162. The Morgan fingerprint density at radius 3 is 2.67 bits per heavy atom. The van der Waals surface area contributed by atoms with Crippen molar-refractivity contribution in [3.8, 4) is 0 Å². The number of ketones is 1. The van der Waals surface area contributed by atoms with Crippen molar-refractivity contribution < 1.29 is 14.8 Å². The van der Waals surface area contributed by atoms with Crippen molar-refractivity contribution >= 4 is 11.7 Å². The molecular formula is C5H5NO3. The molecule has 0 aromatic carbocycles. The van der Waals surface area contributed by atoms with Crippen LogP contribution in [0.4, 0.5) is 0 Å². The molecule has 0 saturated carbocycles. The molecule has 0 fully saturated rings. The van der Waals surface area contributed by atoms with E-state index in [0.717, 1.165) is 6.20 Å². The van der Waals surface area contributed by atoms with Gasteiger partial charge in [-0.1, -0.05) is 6.08 Å². The van der Waals surface area contributed by atoms with Gasteiger partial charge in [0.05, 0.1) is 0 Å². The van der Waals surface area contributed by atoms with Gasteiger partial charge in [0.25, 0.3) is 0 Å². The molecule has 0 aliphatic carbocycles. The van der Waals surface area contributed by atoms with E-state index in [0.29, 0.717) is 0 Å². The summed E-state index contributed by atoms with van der Waals surface area (Å²) in [6, 6.07) is 0. The van der Waals surface area contributed by atoms with Crippen molar-refractivity contribution in [3.63, 3.8) is 0 Å². The number of allylic oxidation sites excluding steroid dienone is 1. The van der Waals surface area contributed by atoms with Gasteiger partial charge in [-0.15, -0.1) is 0 Å². The smallest absolute Gasteiger partial charge is 0.288 e. The van der Waals surface area contributed by atoms with Gasteiger partial charge >= 0.3 is 5.91 Å². The number of carbonyl (C=O) groups excluding carboxylic acids is 2. The van der Waals surface area contributed by atoms with Crippen molar-refractivity contribution in [2.45, 2.75) is 6.42 Å². The summed E-state index contributed by atoms with van der Waals surface area (Å²) in [5.74, 6) is -1.45. The fourth-order valence-electron chi connectivity index (χ4n) is 0.542. The molecule has 0 atom stereocenters. The third kappa shape index (κ3) is 0.972. The molecule has 1 rings (SSSR count). The quantitative estimate of drug-likeness (QED) is 0.358. The van der Waals surface area contributed by atoms with E-state index in [9.17, 15) is 9.59 Å². The van der Waals surface area contributed by atoms with E-state index < -0.39 is 11.7 Å². The number of carbonyl (C=O) groups is 2. The third-order valence-corrected chi connectivity index (χ3v) is 0.996. The molecule has 0 unspecified atom stereocenters. The van der Waals surface area contributed by atoms with Crippen molar-refractivity contribution in [1.29, 1.82) is 0 Å². The van der Waals surface area contributed by atoms with E-state index in [-0.39, 0.29) is 11.5 Å². The Labute approximate surface area is 51.3 Å². The first-order chi connectivity index (χ1) is 4.22. The van der Waals surface area contributed by atoms with Crippen LogP contribution in [0, 0.1) is 0 Å². The highest BCUT2D eigenvalue weighted by molar-refractivity contribution is 6.36. The molecular weight excluding hydrogens is 122 g/mol. The molecule has 0 radical (unpaired) electrons. The van der Waals surface area contributed by atoms with Crippen LogP contribution in [0.25, 0.3) is 0 Å². The molecule has 9 heavy (non-hydrogen) atoms. The second kappa shape index (κ2) is 1.99. The normalized spacial score (nSPS) is 19.0. The summed E-state index contributed by atoms with van der Waals surface area (Å²) in [4.78, 5) is 20.8. The Balaban J connectivity index is 2.81. The van der Waals surface area contributed by atoms with Crippen molar-refractivity contribution in [2.75, 3.05) is 0 Å². The van der Waals surface area contributed by atoms with E-state index in [2.05, 4.69) is 0 Å². The standard InChI is InChI=1S/C5H5NO3/c7-4-2-1-3-6(9)5(4)8/h1,3,9H,2H2. The lowest BCUT2D eigenvalue weighted by Crippen LogP contribution is -2.31. The van der Waals surface area contributed by atoms with E-state index >= 15 is 0 Å². The monoisotopic (exact) mass is 127 g/mol. The maximum Gasteiger partial charge on any atom is 0.317 e. The Hall–Kier alpha value is -1.16. The summed E-state index contributed by atoms with van der Waals surface area (Å²) in [7, 11) is 0. The number of hydroxylamine groups is 2. The Morgan fingerprint density at radius 2 is 2.22 bits per heavy atom. The Bertz CT molecular complexity index is 185. The molecule has 1 N–H and O–H groups in total. The van der Waals surface area contributed by atoms with E-state index in [1.807, 2.05) is 0 Å². The molecule has 0 spiro atoms. The van der Waals surface area contributed by atoms with E-state index in [1.165, 1.54) is 6.08 Å². The number of nitrogens with zero attached hydrogens (tertiary/aromatic N) is 1. The maximum atomic E-state index is 10.4. The minimum Gasteiger partial charge on any atom is -0.288 e. The third-order valence-electron chi connectivity index (χ3n) is 0.996. The number of amides is 1. The molecule has 1 aliphatic heterocycles. The van der Waals surface area contributed by atoms with Gasteiger partial charge in [0.15, 0.2) is 0 Å². The molecule has 1 heterocycles. The zero-order valence-corrected chi connectivity index (χ0v) is 4.57. The second-order valence-electron chi connectivity index (χ2n) is 1.66. The molecule has 0 saturated heterocycles. The number of hydrogen-bond donors (Lipinski definition) is 1. The molecule has 1 aliphatic rings. The molecule has 0 aromatic heterocycles. The van der Waals surface area contributed by atoms with Crippen LogP contribution in [-0.4, -0.2) is 22.0 Å². The predicted molar refractivity (Wildman–Crippen MR) is 27.4 cm³/mol. The van der Waals surface area contributed by atoms with Crippen molar-refractivity contribution in [2.24, 2.45) is 0 Å². The first kappa shape index (κ1) is 5.97. The van der Waals surface area contributed by atoms with Gasteiger partial charge < -0.3 is 0 Å². The van der Waals surface area contributed by atoms with Crippen LogP contribution in [0.1, 0.15) is 6.42 Å². The van der Waals surface area contributed by atoms with Crippen LogP contribution < -0.4 is 0 Å². The topological polar surface area (TPSA) is 57.6 Å². The summed E-state index contributed by atoms with van der Waals surface area (Å²) in [5.41, 5.74) is 0. The number of hydrogen-bond acceptors (Lipinski definition) is 3. The maximum absolute atomic E-state index is 10.4. The van der Waals surface area contributed by atoms with Crippen LogP contribution in [0.3, 0.4) is 0 Å². The van der Waals surface area contributed by atoms with Crippen LogP contribution in [-0.2, 0) is 9.59 Å². The molecule has 0 bridgehead atoms. The SMILES string of the molecule is O=C1CC=CN(O)C1=O. The van der Waals surface area contributed by atoms with Crippen LogP contribution in [0.2, 0.25) is 0 Å². The molecule has 4 heteroatoms. The predicted octanol–water partition coefficient (Wildman–Crippen LogP) is -0.309. The average Bonchev–Trinajstić information content (AvgIpc) is 1.83. The van der Waals surface area contributed by atoms with Crippen LogP contribution >= 0.6 is 0 Å². The van der Waals surface area contributed by atoms with Crippen molar-refractivity contribution in [1.82, 2.24) is 5.06 Å². The fraction of sp³-hybridized carbons (Fsp3) is 0.200. The van der Waals surface area contributed by atoms with Gasteiger partial charge in [-0.05, 0) is 0 Å². The highest BCUT2D eigenvalue weighted by Gasteiger charge is 2.20. The Morgan fingerprint density at radius 1 is 1.56 bits per heavy atom. The Kier molecular flexibility index (Phi) is 1.32. The minimum absolute atomic E-state index is 0.0931. The summed E-state index contributed by atoms with van der Waals surface area (Å²) in [6.07, 6.45) is 2.67. The zero-order chi connectivity index (χ0) is 6.85. The van der Waals surface area contributed by atoms with E-state index in [4.69, 9.17) is 5.21 Å². The summed E-state index contributed by atoms with van der Waals surface area (Å²) >= 11 is 0. The number of rotatable bonds is 0. The molecule has 1 amide bonds. The van der Waals surface area contributed by atoms with Gasteiger partial charge in [-0.3, -0.25) is 14.8 Å². The van der Waals surface area contributed by atoms with Crippen molar-refractivity contribution in [3.05, 3.63) is 12.3 Å². The molecule has 0 aromatic rings. The summed E-state index contributed by atoms with van der Waals surface area (Å²) in [6.45, 7) is 0. The highest BCUT2D eigenvalue weighted by Crippen LogP contribution is 1.99. The van der Waals surface area contributed by atoms with Gasteiger partial charge in [0.2, 0.25) is 5.78 Å². The largest absolute Gasteiger partial charge is 0.317 e. The second-order valence-corrected chi connectivity index (χ2v) is 1.66. The first-order valence-electron chi connectivity index (χ1n) is 2.44. The molecule has 48 valence electrons. The number of Topliss-reactive ketones (excluding diaryl/α,β-unsaturated/α-hetero) is 1. The summed E-state index contributed by atoms with van der Waals surface area (Å²) < 4.78 is 0. The average molecular weight is 127 g/mol. The minimum atomic E-state index is -0.863. The van der Waals surface area contributed by atoms with Gasteiger partial charge in [0, 0.05) is 12.6 Å². The molecule has 4 nitrogen and oxygen atoms in total. The van der Waals surface area contributed by atoms with Crippen LogP contribution in [0.5, 0.6) is 0 Å². The lowest BCUT2D eigenvalue weighted by atomic mass is 10.2. The zero-order valence-electron chi connectivity index (χ0n) is 4.57. The van der Waals surface area contributed by atoms with Crippen LogP contribution in [0.15, 0.2) is 12.3 Å². The van der Waals surface area contributed by atoms with Gasteiger partial charge in [-0.2, -0.15) is 5.06 Å². The van der Waals surface area contributed by atoms with Gasteiger partial charge in [-0.25, -0.2) is 0 Å². The fourth-order valence-corrected chi connectivity index (χ4v) is 0.542.